The first-order valence-electron chi connectivity index (χ1n) is 8.12. The van der Waals surface area contributed by atoms with E-state index < -0.39 is 16.0 Å². The van der Waals surface area contributed by atoms with Crippen molar-refractivity contribution in [3.05, 3.63) is 39.3 Å². The molecule has 0 unspecified atom stereocenters. The molecule has 0 spiro atoms. The van der Waals surface area contributed by atoms with E-state index in [9.17, 15) is 18.0 Å². The number of hydrogen-bond acceptors (Lipinski definition) is 4. The van der Waals surface area contributed by atoms with E-state index in [0.29, 0.717) is 34.6 Å². The highest BCUT2D eigenvalue weighted by Crippen LogP contribution is 2.32. The number of pyridine rings is 1. The van der Waals surface area contributed by atoms with Gasteiger partial charge in [-0.3, -0.25) is 9.59 Å². The third-order valence-electron chi connectivity index (χ3n) is 4.37. The Hall–Kier alpha value is -2.36. The molecule has 10 heteroatoms. The fourth-order valence-electron chi connectivity index (χ4n) is 3.02. The number of nitrogens with one attached hydrogen (secondary N) is 2. The number of aromatic amines is 2. The van der Waals surface area contributed by atoms with Gasteiger partial charge >= 0.3 is 5.97 Å². The van der Waals surface area contributed by atoms with Crippen LogP contribution in [0.1, 0.15) is 18.4 Å². The maximum atomic E-state index is 12.6. The molecule has 0 amide bonds. The minimum Gasteiger partial charge on any atom is -0.481 e. The Kier molecular flexibility index (Phi) is 5.02. The van der Waals surface area contributed by atoms with Gasteiger partial charge in [0.25, 0.3) is 5.56 Å². The molecule has 0 atom stereocenters. The number of carboxylic acid groups (broad SMARTS) is 1. The van der Waals surface area contributed by atoms with Gasteiger partial charge in [0, 0.05) is 37.5 Å². The summed E-state index contributed by atoms with van der Waals surface area (Å²) in [6, 6.07) is 2.86. The number of aromatic nitrogens is 2. The minimum absolute atomic E-state index is 0.000116. The number of nitrogens with zero attached hydrogens (tertiary/aromatic N) is 1. The third kappa shape index (κ3) is 3.45. The van der Waals surface area contributed by atoms with Gasteiger partial charge in [-0.25, -0.2) is 12.7 Å². The van der Waals surface area contributed by atoms with Crippen molar-refractivity contribution in [3.63, 3.8) is 0 Å². The van der Waals surface area contributed by atoms with Gasteiger partial charge < -0.3 is 15.1 Å². The lowest BCUT2D eigenvalue weighted by molar-refractivity contribution is -0.137. The van der Waals surface area contributed by atoms with E-state index in [4.69, 9.17) is 16.7 Å². The Morgan fingerprint density at radius 3 is 2.63 bits per heavy atom. The van der Waals surface area contributed by atoms with Crippen molar-refractivity contribution in [2.45, 2.75) is 24.2 Å². The van der Waals surface area contributed by atoms with Crippen LogP contribution >= 0.6 is 11.6 Å². The lowest BCUT2D eigenvalue weighted by Crippen LogP contribution is -2.22. The monoisotopic (exact) mass is 411 g/mol. The molecule has 0 saturated heterocycles. The average molecular weight is 412 g/mol. The number of rotatable bonds is 6. The van der Waals surface area contributed by atoms with Crippen LogP contribution in [0.2, 0.25) is 5.02 Å². The van der Waals surface area contributed by atoms with E-state index >= 15 is 0 Å². The highest BCUT2D eigenvalue weighted by molar-refractivity contribution is 7.89. The summed E-state index contributed by atoms with van der Waals surface area (Å²) in [6.45, 7) is 0. The molecule has 27 heavy (non-hydrogen) atoms. The molecule has 8 nitrogen and oxygen atoms in total. The first kappa shape index (κ1) is 19.4. The molecule has 0 aliphatic rings. The Balaban J connectivity index is 2.28. The second-order valence-corrected chi connectivity index (χ2v) is 8.91. The first-order chi connectivity index (χ1) is 12.6. The number of fused-ring (bicyclic) bond motifs is 3. The number of sulfonamides is 1. The van der Waals surface area contributed by atoms with Gasteiger partial charge in [0.1, 0.15) is 10.4 Å². The predicted molar refractivity (Wildman–Crippen MR) is 103 cm³/mol. The maximum Gasteiger partial charge on any atom is 0.303 e. The molecular formula is C17H18ClN3O5S. The Morgan fingerprint density at radius 1 is 1.30 bits per heavy atom. The van der Waals surface area contributed by atoms with Crippen LogP contribution in [0.5, 0.6) is 0 Å². The molecule has 0 radical (unpaired) electrons. The third-order valence-corrected chi connectivity index (χ3v) is 6.65. The zero-order chi connectivity index (χ0) is 19.9. The van der Waals surface area contributed by atoms with Gasteiger partial charge in [-0.2, -0.15) is 0 Å². The van der Waals surface area contributed by atoms with Crippen molar-refractivity contribution in [2.24, 2.45) is 0 Å². The van der Waals surface area contributed by atoms with Gasteiger partial charge in [0.15, 0.2) is 0 Å². The van der Waals surface area contributed by atoms with E-state index in [1.165, 1.54) is 26.2 Å². The van der Waals surface area contributed by atoms with Crippen molar-refractivity contribution in [3.8, 4) is 0 Å². The minimum atomic E-state index is -3.78. The van der Waals surface area contributed by atoms with E-state index in [1.54, 1.807) is 6.20 Å². The van der Waals surface area contributed by atoms with Crippen molar-refractivity contribution < 1.29 is 18.3 Å². The Labute approximate surface area is 159 Å². The molecule has 0 fully saturated rings. The standard InChI is InChI=1S/C17H18ClN3O5S/c1-21(2)27(25,26)13-6-10-12(7-11(13)18)20-17(24)16-15(10)9(8-19-16)4-3-5-14(22)23/h6-8,19H,3-5H2,1-2H3,(H,20,24)(H,22,23). The van der Waals surface area contributed by atoms with Gasteiger partial charge in [-0.05, 0) is 30.5 Å². The summed E-state index contributed by atoms with van der Waals surface area (Å²) in [4.78, 5) is 28.6. The van der Waals surface area contributed by atoms with E-state index in [-0.39, 0.29) is 21.9 Å². The topological polar surface area (TPSA) is 123 Å². The largest absolute Gasteiger partial charge is 0.481 e. The van der Waals surface area contributed by atoms with Crippen molar-refractivity contribution >= 4 is 49.4 Å². The number of halogens is 1. The summed E-state index contributed by atoms with van der Waals surface area (Å²) in [5.41, 5.74) is 1.11. The summed E-state index contributed by atoms with van der Waals surface area (Å²) < 4.78 is 26.2. The lowest BCUT2D eigenvalue weighted by atomic mass is 10.0. The van der Waals surface area contributed by atoms with Crippen LogP contribution in [0.3, 0.4) is 0 Å². The SMILES string of the molecule is CN(C)S(=O)(=O)c1cc2c(cc1Cl)[nH]c(=O)c1[nH]cc(CCCC(=O)O)c12. The second-order valence-electron chi connectivity index (χ2n) is 6.38. The zero-order valence-corrected chi connectivity index (χ0v) is 16.2. The lowest BCUT2D eigenvalue weighted by Gasteiger charge is -2.14. The number of H-pyrrole nitrogens is 2. The summed E-state index contributed by atoms with van der Waals surface area (Å²) in [6.07, 6.45) is 2.48. The molecule has 2 aromatic heterocycles. The van der Waals surface area contributed by atoms with Gasteiger partial charge in [-0.15, -0.1) is 0 Å². The highest BCUT2D eigenvalue weighted by Gasteiger charge is 2.23. The van der Waals surface area contributed by atoms with Gasteiger partial charge in [0.2, 0.25) is 10.0 Å². The predicted octanol–water partition coefficient (Wildman–Crippen LogP) is 2.32. The first-order valence-corrected chi connectivity index (χ1v) is 9.94. The molecule has 2 heterocycles. The maximum absolute atomic E-state index is 12.6. The molecular weight excluding hydrogens is 394 g/mol. The molecule has 3 N–H and O–H groups in total. The van der Waals surface area contributed by atoms with Crippen LogP contribution in [0.15, 0.2) is 28.0 Å². The number of aliphatic carboxylic acids is 1. The van der Waals surface area contributed by atoms with Crippen LogP contribution in [0, 0.1) is 0 Å². The molecule has 1 aromatic carbocycles. The van der Waals surface area contributed by atoms with E-state index in [1.807, 2.05) is 0 Å². The van der Waals surface area contributed by atoms with Crippen LogP contribution in [-0.2, 0) is 21.2 Å². The van der Waals surface area contributed by atoms with Crippen LogP contribution in [0.4, 0.5) is 0 Å². The number of carbonyl (C=O) groups is 1. The molecule has 3 rings (SSSR count). The zero-order valence-electron chi connectivity index (χ0n) is 14.7. The summed E-state index contributed by atoms with van der Waals surface area (Å²) in [5.74, 6) is -0.899. The van der Waals surface area contributed by atoms with Crippen molar-refractivity contribution in [1.82, 2.24) is 14.3 Å². The number of carboxylic acids is 1. The Morgan fingerprint density at radius 2 is 2.00 bits per heavy atom. The van der Waals surface area contributed by atoms with Crippen LogP contribution in [0.25, 0.3) is 21.8 Å². The number of aryl methyl sites for hydroxylation is 1. The summed E-state index contributed by atoms with van der Waals surface area (Å²) in [5, 5.41) is 9.94. The fourth-order valence-corrected chi connectivity index (χ4v) is 4.44. The van der Waals surface area contributed by atoms with Crippen LogP contribution in [-0.4, -0.2) is 47.9 Å². The second kappa shape index (κ2) is 6.99. The molecule has 0 aliphatic heterocycles. The molecule has 0 aliphatic carbocycles. The number of hydrogen-bond donors (Lipinski definition) is 3. The molecule has 3 aromatic rings. The smallest absolute Gasteiger partial charge is 0.303 e. The normalized spacial score (nSPS) is 12.3. The molecule has 0 saturated carbocycles. The Bertz CT molecular complexity index is 1210. The van der Waals surface area contributed by atoms with Crippen LogP contribution < -0.4 is 5.56 Å². The van der Waals surface area contributed by atoms with Gasteiger partial charge in [0.05, 0.1) is 10.5 Å². The van der Waals surface area contributed by atoms with E-state index in [0.717, 1.165) is 9.87 Å². The fraction of sp³-hybridized carbons (Fsp3) is 0.294. The van der Waals surface area contributed by atoms with E-state index in [2.05, 4.69) is 9.97 Å². The highest BCUT2D eigenvalue weighted by atomic mass is 35.5. The molecule has 0 bridgehead atoms. The number of benzene rings is 1. The summed E-state index contributed by atoms with van der Waals surface area (Å²) >= 11 is 6.17. The van der Waals surface area contributed by atoms with Gasteiger partial charge in [-0.1, -0.05) is 11.6 Å². The quantitative estimate of drug-likeness (QED) is 0.574. The van der Waals surface area contributed by atoms with Crippen molar-refractivity contribution in [1.29, 1.82) is 0 Å². The average Bonchev–Trinajstić information content (AvgIpc) is 2.98. The van der Waals surface area contributed by atoms with Crippen molar-refractivity contribution in [2.75, 3.05) is 14.1 Å². The molecule has 144 valence electrons. The summed E-state index contributed by atoms with van der Waals surface area (Å²) in [7, 11) is -0.963.